The Bertz CT molecular complexity index is 421. The molecule has 3 unspecified atom stereocenters. The number of para-hydroxylation sites is 1. The smallest absolute Gasteiger partial charge is 0.124 e. The number of nitrogens with one attached hydrogen (secondary N) is 1. The molecule has 2 aliphatic rings. The standard InChI is InChI=1S/C16H23NO2/c18-11-12-5-1-3-7-14(12)17-15-9-10-19-16-8-4-2-6-13(15)16/h2,4,6,8,12,14-15,17-18H,1,3,5,7,9-11H2. The van der Waals surface area contributed by atoms with E-state index < -0.39 is 0 Å². The van der Waals surface area contributed by atoms with Gasteiger partial charge in [0.15, 0.2) is 0 Å². The molecule has 3 atom stereocenters. The van der Waals surface area contributed by atoms with Crippen LogP contribution in [0.5, 0.6) is 5.75 Å². The summed E-state index contributed by atoms with van der Waals surface area (Å²) in [6.45, 7) is 1.09. The number of fused-ring (bicyclic) bond motifs is 1. The van der Waals surface area contributed by atoms with Crippen LogP contribution in [0.4, 0.5) is 0 Å². The molecule has 3 nitrogen and oxygen atoms in total. The molecule has 1 aliphatic carbocycles. The SMILES string of the molecule is OCC1CCCCC1NC1CCOc2ccccc21. The minimum atomic E-state index is 0.308. The van der Waals surface area contributed by atoms with Gasteiger partial charge < -0.3 is 15.2 Å². The minimum absolute atomic E-state index is 0.308. The summed E-state index contributed by atoms with van der Waals surface area (Å²) in [5.41, 5.74) is 1.27. The van der Waals surface area contributed by atoms with Crippen LogP contribution in [0, 0.1) is 5.92 Å². The van der Waals surface area contributed by atoms with Gasteiger partial charge in [0.2, 0.25) is 0 Å². The predicted octanol–water partition coefficient (Wildman–Crippen LogP) is 2.65. The lowest BCUT2D eigenvalue weighted by atomic mass is 9.84. The summed E-state index contributed by atoms with van der Waals surface area (Å²) in [5, 5.41) is 13.3. The van der Waals surface area contributed by atoms with Crippen LogP contribution in [0.15, 0.2) is 24.3 Å². The molecule has 1 aliphatic heterocycles. The average Bonchev–Trinajstić information content (AvgIpc) is 2.48. The van der Waals surface area contributed by atoms with Crippen molar-refractivity contribution in [3.05, 3.63) is 29.8 Å². The van der Waals surface area contributed by atoms with Crippen molar-refractivity contribution in [1.82, 2.24) is 5.32 Å². The van der Waals surface area contributed by atoms with E-state index in [1.165, 1.54) is 24.8 Å². The highest BCUT2D eigenvalue weighted by atomic mass is 16.5. The van der Waals surface area contributed by atoms with E-state index in [-0.39, 0.29) is 0 Å². The Labute approximate surface area is 115 Å². The molecule has 2 N–H and O–H groups in total. The number of aliphatic hydroxyl groups excluding tert-OH is 1. The summed E-state index contributed by atoms with van der Waals surface area (Å²) in [5.74, 6) is 1.44. The summed E-state index contributed by atoms with van der Waals surface area (Å²) in [6.07, 6.45) is 5.89. The van der Waals surface area contributed by atoms with E-state index in [4.69, 9.17) is 4.74 Å². The molecule has 1 saturated carbocycles. The van der Waals surface area contributed by atoms with Gasteiger partial charge >= 0.3 is 0 Å². The number of hydrogen-bond donors (Lipinski definition) is 2. The van der Waals surface area contributed by atoms with Gasteiger partial charge in [0.05, 0.1) is 6.61 Å². The predicted molar refractivity (Wildman–Crippen MR) is 75.3 cm³/mol. The van der Waals surface area contributed by atoms with Crippen molar-refractivity contribution in [2.24, 2.45) is 5.92 Å². The van der Waals surface area contributed by atoms with Gasteiger partial charge in [-0.25, -0.2) is 0 Å². The van der Waals surface area contributed by atoms with Gasteiger partial charge in [-0.15, -0.1) is 0 Å². The summed E-state index contributed by atoms with van der Waals surface area (Å²) in [6, 6.07) is 9.14. The number of benzene rings is 1. The van der Waals surface area contributed by atoms with Crippen molar-refractivity contribution in [3.63, 3.8) is 0 Å². The number of rotatable bonds is 3. The molecule has 1 fully saturated rings. The Morgan fingerprint density at radius 2 is 2.00 bits per heavy atom. The fourth-order valence-corrected chi connectivity index (χ4v) is 3.42. The van der Waals surface area contributed by atoms with Crippen LogP contribution in [0.25, 0.3) is 0 Å². The highest BCUT2D eigenvalue weighted by Gasteiger charge is 2.29. The van der Waals surface area contributed by atoms with Crippen molar-refractivity contribution < 1.29 is 9.84 Å². The average molecular weight is 261 g/mol. The normalized spacial score (nSPS) is 30.5. The van der Waals surface area contributed by atoms with Gasteiger partial charge in [-0.2, -0.15) is 0 Å². The third-order valence-corrected chi connectivity index (χ3v) is 4.52. The van der Waals surface area contributed by atoms with Gasteiger partial charge in [-0.1, -0.05) is 31.0 Å². The third-order valence-electron chi connectivity index (χ3n) is 4.52. The van der Waals surface area contributed by atoms with Crippen LogP contribution in [-0.4, -0.2) is 24.4 Å². The van der Waals surface area contributed by atoms with Crippen LogP contribution in [0.2, 0.25) is 0 Å². The Hall–Kier alpha value is -1.06. The summed E-state index contributed by atoms with van der Waals surface area (Å²) in [4.78, 5) is 0. The number of hydrogen-bond acceptors (Lipinski definition) is 3. The maximum atomic E-state index is 9.52. The van der Waals surface area contributed by atoms with Gasteiger partial charge in [0.1, 0.15) is 5.75 Å². The summed E-state index contributed by atoms with van der Waals surface area (Å²) < 4.78 is 5.71. The zero-order valence-electron chi connectivity index (χ0n) is 11.3. The first-order chi connectivity index (χ1) is 9.38. The number of ether oxygens (including phenoxy) is 1. The lowest BCUT2D eigenvalue weighted by Gasteiger charge is -2.36. The lowest BCUT2D eigenvalue weighted by molar-refractivity contribution is 0.137. The van der Waals surface area contributed by atoms with Gasteiger partial charge in [-0.05, 0) is 24.8 Å². The van der Waals surface area contributed by atoms with Gasteiger partial charge in [0, 0.05) is 30.7 Å². The molecular weight excluding hydrogens is 238 g/mol. The first kappa shape index (κ1) is 12.9. The van der Waals surface area contributed by atoms with Crippen LogP contribution in [-0.2, 0) is 0 Å². The van der Waals surface area contributed by atoms with E-state index in [0.717, 1.165) is 25.2 Å². The fourth-order valence-electron chi connectivity index (χ4n) is 3.42. The van der Waals surface area contributed by atoms with E-state index in [2.05, 4.69) is 17.4 Å². The van der Waals surface area contributed by atoms with Crippen molar-refractivity contribution in [2.75, 3.05) is 13.2 Å². The van der Waals surface area contributed by atoms with Crippen molar-refractivity contribution in [3.8, 4) is 5.75 Å². The molecule has 1 aromatic rings. The van der Waals surface area contributed by atoms with E-state index >= 15 is 0 Å². The van der Waals surface area contributed by atoms with Gasteiger partial charge in [-0.3, -0.25) is 0 Å². The molecule has 0 spiro atoms. The zero-order chi connectivity index (χ0) is 13.1. The molecule has 1 heterocycles. The molecule has 3 rings (SSSR count). The van der Waals surface area contributed by atoms with Crippen LogP contribution in [0.3, 0.4) is 0 Å². The molecule has 0 saturated heterocycles. The summed E-state index contributed by atoms with van der Waals surface area (Å²) >= 11 is 0. The monoisotopic (exact) mass is 261 g/mol. The van der Waals surface area contributed by atoms with Crippen LogP contribution in [0.1, 0.15) is 43.7 Å². The molecule has 3 heteroatoms. The molecule has 0 bridgehead atoms. The Morgan fingerprint density at radius 1 is 1.16 bits per heavy atom. The minimum Gasteiger partial charge on any atom is -0.493 e. The molecular formula is C16H23NO2. The molecule has 104 valence electrons. The van der Waals surface area contributed by atoms with E-state index in [0.29, 0.717) is 24.6 Å². The highest BCUT2D eigenvalue weighted by Crippen LogP contribution is 2.34. The third kappa shape index (κ3) is 2.77. The Balaban J connectivity index is 1.73. The van der Waals surface area contributed by atoms with Crippen LogP contribution >= 0.6 is 0 Å². The second-order valence-corrected chi connectivity index (χ2v) is 5.73. The quantitative estimate of drug-likeness (QED) is 0.879. The maximum Gasteiger partial charge on any atom is 0.124 e. The first-order valence-corrected chi connectivity index (χ1v) is 7.47. The number of aliphatic hydroxyl groups is 1. The molecule has 0 amide bonds. The fraction of sp³-hybridized carbons (Fsp3) is 0.625. The second kappa shape index (κ2) is 5.93. The second-order valence-electron chi connectivity index (χ2n) is 5.73. The van der Waals surface area contributed by atoms with E-state index in [1.54, 1.807) is 0 Å². The Morgan fingerprint density at radius 3 is 2.89 bits per heavy atom. The van der Waals surface area contributed by atoms with Gasteiger partial charge in [0.25, 0.3) is 0 Å². The molecule has 0 radical (unpaired) electrons. The zero-order valence-corrected chi connectivity index (χ0v) is 11.3. The Kier molecular flexibility index (Phi) is 4.04. The van der Waals surface area contributed by atoms with E-state index in [1.807, 2.05) is 12.1 Å². The van der Waals surface area contributed by atoms with Crippen LogP contribution < -0.4 is 10.1 Å². The molecule has 19 heavy (non-hydrogen) atoms. The first-order valence-electron chi connectivity index (χ1n) is 7.47. The molecule has 1 aromatic carbocycles. The largest absolute Gasteiger partial charge is 0.493 e. The molecule has 0 aromatic heterocycles. The van der Waals surface area contributed by atoms with E-state index in [9.17, 15) is 5.11 Å². The lowest BCUT2D eigenvalue weighted by Crippen LogP contribution is -2.43. The van der Waals surface area contributed by atoms with Crippen molar-refractivity contribution >= 4 is 0 Å². The highest BCUT2D eigenvalue weighted by molar-refractivity contribution is 5.37. The maximum absolute atomic E-state index is 9.52. The topological polar surface area (TPSA) is 41.5 Å². The van der Waals surface area contributed by atoms with Crippen molar-refractivity contribution in [2.45, 2.75) is 44.2 Å². The van der Waals surface area contributed by atoms with Crippen molar-refractivity contribution in [1.29, 1.82) is 0 Å². The summed E-state index contributed by atoms with van der Waals surface area (Å²) in [7, 11) is 0.